The van der Waals surface area contributed by atoms with Crippen LogP contribution in [0.3, 0.4) is 0 Å². The lowest BCUT2D eigenvalue weighted by Gasteiger charge is -2.23. The van der Waals surface area contributed by atoms with Gasteiger partial charge in [0.1, 0.15) is 5.76 Å². The first kappa shape index (κ1) is 24.5. The summed E-state index contributed by atoms with van der Waals surface area (Å²) in [5.41, 5.74) is 3.95. The van der Waals surface area contributed by atoms with E-state index in [0.29, 0.717) is 36.8 Å². The van der Waals surface area contributed by atoms with Crippen LogP contribution >= 0.6 is 0 Å². The SMILES string of the molecule is COc1ccc(C(=O)N2CCC(c3ncc(C)o3)=Cc3ccc(-c4cnn(CC(C)(C)O)c4)cc32)cn1. The highest BCUT2D eigenvalue weighted by Gasteiger charge is 2.25. The molecule has 1 aromatic carbocycles. The second kappa shape index (κ2) is 9.67. The van der Waals surface area contributed by atoms with Gasteiger partial charge in [0, 0.05) is 36.1 Å². The van der Waals surface area contributed by atoms with Crippen LogP contribution in [0.1, 0.15) is 47.8 Å². The van der Waals surface area contributed by atoms with Gasteiger partial charge in [0.25, 0.3) is 5.91 Å². The molecule has 3 aromatic heterocycles. The van der Waals surface area contributed by atoms with Gasteiger partial charge >= 0.3 is 0 Å². The van der Waals surface area contributed by atoms with Crippen LogP contribution in [0.4, 0.5) is 5.69 Å². The smallest absolute Gasteiger partial charge is 0.259 e. The molecule has 0 aliphatic carbocycles. The minimum Gasteiger partial charge on any atom is -0.481 e. The van der Waals surface area contributed by atoms with Crippen molar-refractivity contribution in [1.29, 1.82) is 0 Å². The Morgan fingerprint density at radius 1 is 1.14 bits per heavy atom. The molecule has 9 nitrogen and oxygen atoms in total. The molecule has 0 atom stereocenters. The summed E-state index contributed by atoms with van der Waals surface area (Å²) in [5, 5.41) is 14.6. The summed E-state index contributed by atoms with van der Waals surface area (Å²) in [5.74, 6) is 1.57. The van der Waals surface area contributed by atoms with E-state index < -0.39 is 5.60 Å². The average Bonchev–Trinajstić information content (AvgIpc) is 3.46. The van der Waals surface area contributed by atoms with E-state index in [1.54, 1.807) is 48.0 Å². The molecule has 4 aromatic rings. The van der Waals surface area contributed by atoms with Crippen molar-refractivity contribution in [2.45, 2.75) is 39.3 Å². The molecule has 0 bridgehead atoms. The Hall–Kier alpha value is -4.24. The number of aromatic nitrogens is 4. The molecule has 9 heteroatoms. The third-order valence-corrected chi connectivity index (χ3v) is 6.10. The number of fused-ring (bicyclic) bond motifs is 1. The molecular formula is C28H29N5O4. The van der Waals surface area contributed by atoms with Crippen molar-refractivity contribution in [3.63, 3.8) is 0 Å². The van der Waals surface area contributed by atoms with Crippen molar-refractivity contribution in [2.75, 3.05) is 18.6 Å². The molecule has 1 N–H and O–H groups in total. The number of aliphatic hydroxyl groups is 1. The van der Waals surface area contributed by atoms with Crippen molar-refractivity contribution in [3.8, 4) is 17.0 Å². The fraction of sp³-hybridized carbons (Fsp3) is 0.286. The van der Waals surface area contributed by atoms with Crippen LogP contribution in [-0.4, -0.2) is 50.0 Å². The fourth-order valence-electron chi connectivity index (χ4n) is 4.35. The number of anilines is 1. The van der Waals surface area contributed by atoms with Crippen molar-refractivity contribution in [2.24, 2.45) is 0 Å². The van der Waals surface area contributed by atoms with Gasteiger partial charge in [-0.1, -0.05) is 12.1 Å². The van der Waals surface area contributed by atoms with Crippen LogP contribution in [0.15, 0.2) is 59.5 Å². The highest BCUT2D eigenvalue weighted by atomic mass is 16.5. The number of carbonyl (C=O) groups excluding carboxylic acids is 1. The maximum absolute atomic E-state index is 13.7. The Balaban J connectivity index is 1.55. The predicted octanol–water partition coefficient (Wildman–Crippen LogP) is 4.61. The Bertz CT molecular complexity index is 1460. The summed E-state index contributed by atoms with van der Waals surface area (Å²) >= 11 is 0. The van der Waals surface area contributed by atoms with Gasteiger partial charge in [0.2, 0.25) is 11.8 Å². The quantitative estimate of drug-likeness (QED) is 0.413. The Morgan fingerprint density at radius 3 is 2.65 bits per heavy atom. The van der Waals surface area contributed by atoms with Gasteiger partial charge in [-0.15, -0.1) is 0 Å². The van der Waals surface area contributed by atoms with Gasteiger partial charge in [-0.3, -0.25) is 9.48 Å². The number of ether oxygens (including phenoxy) is 1. The van der Waals surface area contributed by atoms with Crippen LogP contribution in [-0.2, 0) is 6.54 Å². The summed E-state index contributed by atoms with van der Waals surface area (Å²) in [6.07, 6.45) is 9.49. The number of hydrogen-bond acceptors (Lipinski definition) is 7. The summed E-state index contributed by atoms with van der Waals surface area (Å²) in [6, 6.07) is 9.39. The van der Waals surface area contributed by atoms with Crippen molar-refractivity contribution < 1.29 is 19.1 Å². The molecule has 190 valence electrons. The summed E-state index contributed by atoms with van der Waals surface area (Å²) in [6.45, 7) is 6.15. The lowest BCUT2D eigenvalue weighted by atomic mass is 10.0. The van der Waals surface area contributed by atoms with Crippen LogP contribution in [0, 0.1) is 6.92 Å². The molecule has 0 saturated carbocycles. The zero-order valence-corrected chi connectivity index (χ0v) is 21.3. The number of oxazole rings is 1. The lowest BCUT2D eigenvalue weighted by Crippen LogP contribution is -2.32. The van der Waals surface area contributed by atoms with Crippen LogP contribution in [0.25, 0.3) is 22.8 Å². The van der Waals surface area contributed by atoms with Gasteiger partial charge < -0.3 is 19.2 Å². The number of benzene rings is 1. The van der Waals surface area contributed by atoms with E-state index in [1.165, 1.54) is 13.3 Å². The highest BCUT2D eigenvalue weighted by Crippen LogP contribution is 2.36. The maximum Gasteiger partial charge on any atom is 0.259 e. The Morgan fingerprint density at radius 2 is 1.97 bits per heavy atom. The minimum absolute atomic E-state index is 0.162. The van der Waals surface area contributed by atoms with E-state index in [0.717, 1.165) is 33.7 Å². The lowest BCUT2D eigenvalue weighted by molar-refractivity contribution is 0.0577. The first-order valence-corrected chi connectivity index (χ1v) is 12.0. The number of rotatable bonds is 6. The number of hydrogen-bond donors (Lipinski definition) is 1. The van der Waals surface area contributed by atoms with Gasteiger partial charge in [-0.05, 0) is 56.5 Å². The molecule has 1 aliphatic rings. The van der Waals surface area contributed by atoms with Crippen molar-refractivity contribution in [1.82, 2.24) is 19.7 Å². The average molecular weight is 500 g/mol. The van der Waals surface area contributed by atoms with Crippen LogP contribution in [0.5, 0.6) is 5.88 Å². The Labute approximate surface area is 215 Å². The Kier molecular flexibility index (Phi) is 6.39. The van der Waals surface area contributed by atoms with Crippen LogP contribution in [0.2, 0.25) is 0 Å². The van der Waals surface area contributed by atoms with E-state index in [9.17, 15) is 9.90 Å². The predicted molar refractivity (Wildman–Crippen MR) is 140 cm³/mol. The number of aryl methyl sites for hydroxylation is 1. The molecule has 37 heavy (non-hydrogen) atoms. The highest BCUT2D eigenvalue weighted by molar-refractivity contribution is 6.08. The molecule has 0 radical (unpaired) electrons. The fourth-order valence-corrected chi connectivity index (χ4v) is 4.35. The minimum atomic E-state index is -0.883. The van der Waals surface area contributed by atoms with Gasteiger partial charge in [-0.25, -0.2) is 9.97 Å². The first-order valence-electron chi connectivity index (χ1n) is 12.0. The summed E-state index contributed by atoms with van der Waals surface area (Å²) < 4.78 is 12.7. The van der Waals surface area contributed by atoms with Gasteiger partial charge in [-0.2, -0.15) is 5.10 Å². The van der Waals surface area contributed by atoms with Gasteiger partial charge in [0.05, 0.1) is 42.9 Å². The molecule has 5 rings (SSSR count). The third kappa shape index (κ3) is 5.31. The van der Waals surface area contributed by atoms with Gasteiger partial charge in [0.15, 0.2) is 0 Å². The van der Waals surface area contributed by atoms with E-state index >= 15 is 0 Å². The largest absolute Gasteiger partial charge is 0.481 e. The molecule has 1 aliphatic heterocycles. The molecule has 4 heterocycles. The normalized spacial score (nSPS) is 13.6. The van der Waals surface area contributed by atoms with Crippen molar-refractivity contribution in [3.05, 3.63) is 77.9 Å². The second-order valence-electron chi connectivity index (χ2n) is 9.75. The number of amides is 1. The second-order valence-corrected chi connectivity index (χ2v) is 9.75. The molecular weight excluding hydrogens is 470 g/mol. The molecule has 0 spiro atoms. The maximum atomic E-state index is 13.7. The third-order valence-electron chi connectivity index (χ3n) is 6.10. The van der Waals surface area contributed by atoms with Crippen molar-refractivity contribution >= 4 is 23.2 Å². The first-order chi connectivity index (χ1) is 17.7. The number of carbonyl (C=O) groups is 1. The molecule has 1 amide bonds. The zero-order valence-electron chi connectivity index (χ0n) is 21.3. The molecule has 0 unspecified atom stereocenters. The number of pyridine rings is 1. The number of methoxy groups -OCH3 is 1. The van der Waals surface area contributed by atoms with E-state index in [-0.39, 0.29) is 5.91 Å². The van der Waals surface area contributed by atoms with E-state index in [1.807, 2.05) is 37.4 Å². The topological polar surface area (TPSA) is 107 Å². The molecule has 0 fully saturated rings. The molecule has 0 saturated heterocycles. The monoisotopic (exact) mass is 499 g/mol. The van der Waals surface area contributed by atoms with Crippen LogP contribution < -0.4 is 9.64 Å². The summed E-state index contributed by atoms with van der Waals surface area (Å²) in [4.78, 5) is 24.1. The number of nitrogens with zero attached hydrogens (tertiary/aromatic N) is 5. The van der Waals surface area contributed by atoms with E-state index in [4.69, 9.17) is 9.15 Å². The summed E-state index contributed by atoms with van der Waals surface area (Å²) in [7, 11) is 1.54. The van der Waals surface area contributed by atoms with E-state index in [2.05, 4.69) is 15.1 Å². The standard InChI is InChI=1S/C28H29N5O4/c1-18-13-30-26(37-18)21-9-10-33(27(34)22-7-8-25(36-4)29-14-22)24-12-19(5-6-20(24)11-21)23-15-31-32(16-23)17-28(2,3)35/h5-8,11-16,35H,9-10,17H2,1-4H3. The zero-order chi connectivity index (χ0) is 26.2.